The van der Waals surface area contributed by atoms with Crippen molar-refractivity contribution in [3.05, 3.63) is 32.2 Å². The largest absolute Gasteiger partial charge is 0.462 e. The van der Waals surface area contributed by atoms with E-state index in [0.717, 1.165) is 53.6 Å². The first kappa shape index (κ1) is 18.6. The molecule has 0 fully saturated rings. The average Bonchev–Trinajstić information content (AvgIpc) is 3.20. The summed E-state index contributed by atoms with van der Waals surface area (Å²) in [5.74, 6) is -0.658. The van der Waals surface area contributed by atoms with Crippen molar-refractivity contribution >= 4 is 40.1 Å². The van der Waals surface area contributed by atoms with Gasteiger partial charge < -0.3 is 15.0 Å². The maximum Gasteiger partial charge on any atom is 0.350 e. The molecule has 2 aromatic heterocycles. The third-order valence-corrected chi connectivity index (χ3v) is 5.69. The normalized spacial score (nSPS) is 12.7. The number of aromatic amines is 1. The van der Waals surface area contributed by atoms with Crippen LogP contribution in [-0.4, -0.2) is 39.2 Å². The number of aryl methyl sites for hydroxylation is 2. The second-order valence-corrected chi connectivity index (χ2v) is 7.60. The van der Waals surface area contributed by atoms with Gasteiger partial charge in [-0.05, 0) is 33.1 Å². The van der Waals surface area contributed by atoms with Gasteiger partial charge in [-0.25, -0.2) is 14.8 Å². The minimum Gasteiger partial charge on any atom is -0.462 e. The van der Waals surface area contributed by atoms with Crippen LogP contribution in [0.2, 0.25) is 0 Å². The first-order valence-corrected chi connectivity index (χ1v) is 9.97. The van der Waals surface area contributed by atoms with Crippen LogP contribution in [0.15, 0.2) is 9.95 Å². The average molecular weight is 394 g/mol. The molecule has 0 spiro atoms. The van der Waals surface area contributed by atoms with Crippen LogP contribution in [0.5, 0.6) is 0 Å². The van der Waals surface area contributed by atoms with Crippen molar-refractivity contribution in [3.8, 4) is 0 Å². The fourth-order valence-corrected chi connectivity index (χ4v) is 4.17. The number of anilines is 1. The van der Waals surface area contributed by atoms with E-state index in [4.69, 9.17) is 4.74 Å². The second-order valence-electron chi connectivity index (χ2n) is 5.64. The zero-order valence-corrected chi connectivity index (χ0v) is 16.0. The van der Waals surface area contributed by atoms with Gasteiger partial charge in [-0.2, -0.15) is 0 Å². The molecule has 2 heterocycles. The molecule has 1 amide bonds. The molecule has 2 aromatic rings. The number of ether oxygens (including phenoxy) is 1. The lowest BCUT2D eigenvalue weighted by molar-refractivity contribution is -0.113. The number of esters is 1. The molecule has 8 nitrogen and oxygen atoms in total. The molecule has 3 rings (SSSR count). The van der Waals surface area contributed by atoms with Crippen molar-refractivity contribution in [2.45, 2.75) is 38.3 Å². The summed E-state index contributed by atoms with van der Waals surface area (Å²) in [4.78, 5) is 47.5. The highest BCUT2D eigenvalue weighted by Crippen LogP contribution is 2.24. The number of fused-ring (bicyclic) bond motifs is 1. The number of thiazole rings is 1. The Morgan fingerprint density at radius 1 is 1.35 bits per heavy atom. The molecule has 138 valence electrons. The smallest absolute Gasteiger partial charge is 0.350 e. The molecule has 10 heteroatoms. The topological polar surface area (TPSA) is 114 Å². The fraction of sp³-hybridized carbons (Fsp3) is 0.438. The van der Waals surface area contributed by atoms with Crippen LogP contribution in [0.4, 0.5) is 5.13 Å². The van der Waals surface area contributed by atoms with Gasteiger partial charge in [-0.3, -0.25) is 9.59 Å². The summed E-state index contributed by atoms with van der Waals surface area (Å²) in [5.41, 5.74) is 1.97. The summed E-state index contributed by atoms with van der Waals surface area (Å²) in [5, 5.41) is 3.44. The van der Waals surface area contributed by atoms with Gasteiger partial charge in [0.05, 0.1) is 23.7 Å². The zero-order chi connectivity index (χ0) is 18.7. The molecule has 1 aliphatic rings. The van der Waals surface area contributed by atoms with E-state index in [-0.39, 0.29) is 23.8 Å². The van der Waals surface area contributed by atoms with E-state index in [1.807, 2.05) is 0 Å². The minimum atomic E-state index is -0.447. The number of thioether (sulfide) groups is 1. The Bertz CT molecular complexity index is 906. The first-order valence-electron chi connectivity index (χ1n) is 8.17. The lowest BCUT2D eigenvalue weighted by atomic mass is 10.3. The molecule has 0 aliphatic heterocycles. The van der Waals surface area contributed by atoms with E-state index in [0.29, 0.717) is 20.9 Å². The Balaban J connectivity index is 1.60. The van der Waals surface area contributed by atoms with Gasteiger partial charge in [-0.15, -0.1) is 0 Å². The second kappa shape index (κ2) is 8.00. The summed E-state index contributed by atoms with van der Waals surface area (Å²) < 4.78 is 4.95. The molecule has 0 saturated heterocycles. The number of amides is 1. The maximum absolute atomic E-state index is 12.1. The van der Waals surface area contributed by atoms with Crippen molar-refractivity contribution in [2.24, 2.45) is 0 Å². The van der Waals surface area contributed by atoms with Gasteiger partial charge in [0.15, 0.2) is 10.3 Å². The van der Waals surface area contributed by atoms with Crippen LogP contribution >= 0.6 is 23.1 Å². The Morgan fingerprint density at radius 3 is 2.92 bits per heavy atom. The number of H-pyrrole nitrogens is 1. The molecule has 0 atom stereocenters. The molecule has 0 saturated carbocycles. The monoisotopic (exact) mass is 394 g/mol. The van der Waals surface area contributed by atoms with Gasteiger partial charge in [0, 0.05) is 5.56 Å². The Labute approximate surface area is 157 Å². The highest BCUT2D eigenvalue weighted by atomic mass is 32.2. The van der Waals surface area contributed by atoms with Gasteiger partial charge in [0.25, 0.3) is 5.56 Å². The van der Waals surface area contributed by atoms with Crippen molar-refractivity contribution in [1.82, 2.24) is 15.0 Å². The van der Waals surface area contributed by atoms with E-state index in [9.17, 15) is 14.4 Å². The molecule has 0 unspecified atom stereocenters. The molecular weight excluding hydrogens is 376 g/mol. The van der Waals surface area contributed by atoms with Gasteiger partial charge in [-0.1, -0.05) is 23.1 Å². The third-order valence-electron chi connectivity index (χ3n) is 3.76. The number of hydrogen-bond donors (Lipinski definition) is 2. The number of carbonyl (C=O) groups is 2. The Kier molecular flexibility index (Phi) is 5.72. The molecule has 0 radical (unpaired) electrons. The SMILES string of the molecule is CCOC(=O)c1sc(NC(=O)CSc2nc3c(c(=O)[nH]2)CCC3)nc1C. The van der Waals surface area contributed by atoms with E-state index in [1.54, 1.807) is 13.8 Å². The summed E-state index contributed by atoms with van der Waals surface area (Å²) >= 11 is 2.24. The molecule has 26 heavy (non-hydrogen) atoms. The van der Waals surface area contributed by atoms with Crippen LogP contribution in [0.1, 0.15) is 40.0 Å². The summed E-state index contributed by atoms with van der Waals surface area (Å²) in [6, 6.07) is 0. The van der Waals surface area contributed by atoms with Crippen LogP contribution in [-0.2, 0) is 22.4 Å². The first-order chi connectivity index (χ1) is 12.5. The van der Waals surface area contributed by atoms with E-state index in [1.165, 1.54) is 0 Å². The molecule has 1 aliphatic carbocycles. The predicted octanol–water partition coefficient (Wildman–Crippen LogP) is 1.93. The van der Waals surface area contributed by atoms with Gasteiger partial charge >= 0.3 is 5.97 Å². The van der Waals surface area contributed by atoms with Crippen molar-refractivity contribution in [1.29, 1.82) is 0 Å². The summed E-state index contributed by atoms with van der Waals surface area (Å²) in [7, 11) is 0. The standard InChI is InChI=1S/C16H18N4O4S2/c1-3-24-14(23)12-8(2)17-16(26-12)19-11(21)7-25-15-18-10-6-4-5-9(10)13(22)20-15/h3-7H2,1-2H3,(H,17,19,21)(H,18,20,22). The van der Waals surface area contributed by atoms with Crippen molar-refractivity contribution in [2.75, 3.05) is 17.7 Å². The maximum atomic E-state index is 12.1. The summed E-state index contributed by atoms with van der Waals surface area (Å²) in [6.07, 6.45) is 2.50. The summed E-state index contributed by atoms with van der Waals surface area (Å²) in [6.45, 7) is 3.69. The minimum absolute atomic E-state index is 0.0785. The van der Waals surface area contributed by atoms with Crippen molar-refractivity contribution < 1.29 is 14.3 Å². The lowest BCUT2D eigenvalue weighted by Gasteiger charge is -2.04. The van der Waals surface area contributed by atoms with Gasteiger partial charge in [0.2, 0.25) is 5.91 Å². The number of nitrogens with one attached hydrogen (secondary N) is 2. The van der Waals surface area contributed by atoms with Crippen molar-refractivity contribution in [3.63, 3.8) is 0 Å². The number of hydrogen-bond acceptors (Lipinski definition) is 8. The highest BCUT2D eigenvalue weighted by Gasteiger charge is 2.19. The molecular formula is C16H18N4O4S2. The Morgan fingerprint density at radius 2 is 2.15 bits per heavy atom. The third kappa shape index (κ3) is 4.13. The molecule has 0 bridgehead atoms. The van der Waals surface area contributed by atoms with Crippen LogP contribution < -0.4 is 10.9 Å². The van der Waals surface area contributed by atoms with E-state index < -0.39 is 5.97 Å². The number of rotatable bonds is 6. The highest BCUT2D eigenvalue weighted by molar-refractivity contribution is 7.99. The Hall–Kier alpha value is -2.20. The van der Waals surface area contributed by atoms with E-state index >= 15 is 0 Å². The van der Waals surface area contributed by atoms with E-state index in [2.05, 4.69) is 20.3 Å². The molecule has 2 N–H and O–H groups in total. The van der Waals surface area contributed by atoms with Crippen LogP contribution in [0, 0.1) is 6.92 Å². The lowest BCUT2D eigenvalue weighted by Crippen LogP contribution is -2.17. The van der Waals surface area contributed by atoms with Crippen LogP contribution in [0.25, 0.3) is 0 Å². The number of nitrogens with zero attached hydrogens (tertiary/aromatic N) is 2. The zero-order valence-electron chi connectivity index (χ0n) is 14.4. The quantitative estimate of drug-likeness (QED) is 0.437. The predicted molar refractivity (Wildman–Crippen MR) is 99.0 cm³/mol. The number of carbonyl (C=O) groups excluding carboxylic acids is 2. The fourth-order valence-electron chi connectivity index (χ4n) is 2.61. The van der Waals surface area contributed by atoms with Gasteiger partial charge in [0.1, 0.15) is 4.88 Å². The molecule has 0 aromatic carbocycles. The number of aromatic nitrogens is 3. The van der Waals surface area contributed by atoms with Crippen LogP contribution in [0.3, 0.4) is 0 Å².